The average molecular weight is 202 g/mol. The van der Waals surface area contributed by atoms with Crippen molar-refractivity contribution in [2.24, 2.45) is 0 Å². The van der Waals surface area contributed by atoms with Gasteiger partial charge in [0.15, 0.2) is 0 Å². The highest BCUT2D eigenvalue weighted by Crippen LogP contribution is 2.20. The van der Waals surface area contributed by atoms with E-state index in [1.165, 1.54) is 0 Å². The number of nitrogens with zero attached hydrogens (tertiary/aromatic N) is 2. The van der Waals surface area contributed by atoms with Crippen LogP contribution in [0, 0.1) is 6.92 Å². The van der Waals surface area contributed by atoms with Gasteiger partial charge in [0.05, 0.1) is 17.5 Å². The van der Waals surface area contributed by atoms with Crippen LogP contribution in [0.15, 0.2) is 36.5 Å². The summed E-state index contributed by atoms with van der Waals surface area (Å²) in [5.74, 6) is 0. The molecule has 0 amide bonds. The van der Waals surface area contributed by atoms with E-state index < -0.39 is 6.10 Å². The summed E-state index contributed by atoms with van der Waals surface area (Å²) in [5.41, 5.74) is 2.79. The molecule has 78 valence electrons. The van der Waals surface area contributed by atoms with Gasteiger partial charge in [0, 0.05) is 11.8 Å². The van der Waals surface area contributed by atoms with Gasteiger partial charge in [-0.15, -0.1) is 0 Å². The summed E-state index contributed by atoms with van der Waals surface area (Å²) in [7, 11) is 0. The molecule has 0 bridgehead atoms. The summed E-state index contributed by atoms with van der Waals surface area (Å²) in [6.45, 7) is 3.71. The zero-order chi connectivity index (χ0) is 10.8. The molecular formula is C12H14N2O. The molecule has 0 saturated carbocycles. The van der Waals surface area contributed by atoms with Gasteiger partial charge in [0.25, 0.3) is 0 Å². The molecule has 1 aromatic carbocycles. The second-order valence-corrected chi connectivity index (χ2v) is 3.64. The normalized spacial score (nSPS) is 12.7. The van der Waals surface area contributed by atoms with Crippen LogP contribution in [0.1, 0.15) is 24.3 Å². The van der Waals surface area contributed by atoms with Crippen molar-refractivity contribution >= 4 is 0 Å². The van der Waals surface area contributed by atoms with Crippen molar-refractivity contribution in [3.63, 3.8) is 0 Å². The number of hydrogen-bond acceptors (Lipinski definition) is 2. The van der Waals surface area contributed by atoms with Gasteiger partial charge in [0.2, 0.25) is 0 Å². The number of aliphatic hydroxyl groups excluding tert-OH is 1. The van der Waals surface area contributed by atoms with Crippen LogP contribution in [0.3, 0.4) is 0 Å². The Hall–Kier alpha value is -1.61. The number of aromatic nitrogens is 2. The van der Waals surface area contributed by atoms with E-state index in [0.29, 0.717) is 0 Å². The third-order valence-corrected chi connectivity index (χ3v) is 2.36. The Balaban J connectivity index is 2.52. The van der Waals surface area contributed by atoms with E-state index in [1.54, 1.807) is 11.6 Å². The Labute approximate surface area is 89.0 Å². The van der Waals surface area contributed by atoms with Crippen LogP contribution in [0.4, 0.5) is 0 Å². The number of aryl methyl sites for hydroxylation is 1. The predicted molar refractivity (Wildman–Crippen MR) is 58.9 cm³/mol. The molecule has 15 heavy (non-hydrogen) atoms. The van der Waals surface area contributed by atoms with Crippen molar-refractivity contribution in [2.45, 2.75) is 20.0 Å². The van der Waals surface area contributed by atoms with E-state index >= 15 is 0 Å². The van der Waals surface area contributed by atoms with Crippen molar-refractivity contribution < 1.29 is 5.11 Å². The molecule has 1 unspecified atom stereocenters. The molecule has 0 radical (unpaired) electrons. The molecule has 1 aromatic heterocycles. The maximum absolute atomic E-state index is 9.63. The first kappa shape index (κ1) is 9.93. The first-order chi connectivity index (χ1) is 7.18. The molecular weight excluding hydrogens is 188 g/mol. The molecule has 3 nitrogen and oxygen atoms in total. The molecule has 1 atom stereocenters. The van der Waals surface area contributed by atoms with Crippen molar-refractivity contribution in [1.29, 1.82) is 0 Å². The van der Waals surface area contributed by atoms with E-state index in [0.717, 1.165) is 16.9 Å². The van der Waals surface area contributed by atoms with E-state index in [9.17, 15) is 5.11 Å². The van der Waals surface area contributed by atoms with E-state index in [4.69, 9.17) is 0 Å². The quantitative estimate of drug-likeness (QED) is 0.811. The number of benzene rings is 1. The summed E-state index contributed by atoms with van der Waals surface area (Å²) in [6.07, 6.45) is 1.42. The van der Waals surface area contributed by atoms with Crippen LogP contribution in [0.25, 0.3) is 5.69 Å². The predicted octanol–water partition coefficient (Wildman–Crippen LogP) is 2.23. The fourth-order valence-corrected chi connectivity index (χ4v) is 1.60. The molecule has 0 aliphatic carbocycles. The SMILES string of the molecule is Cc1ccn(-c2ccccc2C(C)O)n1. The Morgan fingerprint density at radius 3 is 2.60 bits per heavy atom. The van der Waals surface area contributed by atoms with Gasteiger partial charge in [0.1, 0.15) is 0 Å². The molecule has 3 heteroatoms. The molecule has 1 heterocycles. The minimum atomic E-state index is -0.481. The van der Waals surface area contributed by atoms with Crippen molar-refractivity contribution in [2.75, 3.05) is 0 Å². The number of para-hydroxylation sites is 1. The van der Waals surface area contributed by atoms with Crippen LogP contribution in [-0.2, 0) is 0 Å². The summed E-state index contributed by atoms with van der Waals surface area (Å²) < 4.78 is 1.79. The number of aliphatic hydroxyl groups is 1. The first-order valence-corrected chi connectivity index (χ1v) is 4.98. The molecule has 1 N–H and O–H groups in total. The lowest BCUT2D eigenvalue weighted by Crippen LogP contribution is -2.02. The first-order valence-electron chi connectivity index (χ1n) is 4.98. The lowest BCUT2D eigenvalue weighted by molar-refractivity contribution is 0.199. The molecule has 0 aliphatic rings. The molecule has 0 spiro atoms. The highest BCUT2D eigenvalue weighted by atomic mass is 16.3. The van der Waals surface area contributed by atoms with Gasteiger partial charge >= 0.3 is 0 Å². The zero-order valence-electron chi connectivity index (χ0n) is 8.88. The van der Waals surface area contributed by atoms with E-state index in [1.807, 2.05) is 43.5 Å². The van der Waals surface area contributed by atoms with Crippen LogP contribution < -0.4 is 0 Å². The zero-order valence-corrected chi connectivity index (χ0v) is 8.88. The van der Waals surface area contributed by atoms with Crippen molar-refractivity contribution in [3.8, 4) is 5.69 Å². The molecule has 0 fully saturated rings. The van der Waals surface area contributed by atoms with E-state index in [2.05, 4.69) is 5.10 Å². The van der Waals surface area contributed by atoms with Gasteiger partial charge in [-0.2, -0.15) is 5.10 Å². The summed E-state index contributed by atoms with van der Waals surface area (Å²) in [4.78, 5) is 0. The number of rotatable bonds is 2. The summed E-state index contributed by atoms with van der Waals surface area (Å²) in [5, 5.41) is 14.0. The topological polar surface area (TPSA) is 38.0 Å². The second kappa shape index (κ2) is 3.87. The minimum Gasteiger partial charge on any atom is -0.389 e. The van der Waals surface area contributed by atoms with Gasteiger partial charge in [-0.05, 0) is 26.0 Å². The molecule has 0 aliphatic heterocycles. The van der Waals surface area contributed by atoms with Gasteiger partial charge in [-0.1, -0.05) is 18.2 Å². The van der Waals surface area contributed by atoms with Crippen LogP contribution in [0.2, 0.25) is 0 Å². The minimum absolute atomic E-state index is 0.481. The highest BCUT2D eigenvalue weighted by molar-refractivity contribution is 5.41. The molecule has 2 rings (SSSR count). The van der Waals surface area contributed by atoms with Crippen LogP contribution in [0.5, 0.6) is 0 Å². The Morgan fingerprint density at radius 1 is 1.27 bits per heavy atom. The largest absolute Gasteiger partial charge is 0.389 e. The maximum atomic E-state index is 9.63. The van der Waals surface area contributed by atoms with E-state index in [-0.39, 0.29) is 0 Å². The smallest absolute Gasteiger partial charge is 0.0782 e. The summed E-state index contributed by atoms with van der Waals surface area (Å²) in [6, 6.07) is 9.67. The lowest BCUT2D eigenvalue weighted by Gasteiger charge is -2.11. The second-order valence-electron chi connectivity index (χ2n) is 3.64. The highest BCUT2D eigenvalue weighted by Gasteiger charge is 2.08. The van der Waals surface area contributed by atoms with Gasteiger partial charge in [-0.25, -0.2) is 4.68 Å². The Bertz CT molecular complexity index is 460. The maximum Gasteiger partial charge on any atom is 0.0782 e. The van der Waals surface area contributed by atoms with Crippen LogP contribution >= 0.6 is 0 Å². The summed E-state index contributed by atoms with van der Waals surface area (Å²) >= 11 is 0. The fourth-order valence-electron chi connectivity index (χ4n) is 1.60. The Morgan fingerprint density at radius 2 is 2.00 bits per heavy atom. The third-order valence-electron chi connectivity index (χ3n) is 2.36. The standard InChI is InChI=1S/C12H14N2O/c1-9-7-8-14(13-9)12-6-4-3-5-11(12)10(2)15/h3-8,10,15H,1-2H3. The Kier molecular flexibility index (Phi) is 2.56. The van der Waals surface area contributed by atoms with Crippen molar-refractivity contribution in [1.82, 2.24) is 9.78 Å². The third kappa shape index (κ3) is 1.92. The van der Waals surface area contributed by atoms with Gasteiger partial charge in [-0.3, -0.25) is 0 Å². The van der Waals surface area contributed by atoms with Crippen molar-refractivity contribution in [3.05, 3.63) is 47.8 Å². The molecule has 0 saturated heterocycles. The van der Waals surface area contributed by atoms with Crippen LogP contribution in [-0.4, -0.2) is 14.9 Å². The lowest BCUT2D eigenvalue weighted by atomic mass is 10.1. The number of hydrogen-bond donors (Lipinski definition) is 1. The fraction of sp³-hybridized carbons (Fsp3) is 0.250. The average Bonchev–Trinajstić information content (AvgIpc) is 2.65. The molecule has 2 aromatic rings. The monoisotopic (exact) mass is 202 g/mol. The van der Waals surface area contributed by atoms with Gasteiger partial charge < -0.3 is 5.11 Å².